The van der Waals surface area contributed by atoms with Crippen LogP contribution in [0.3, 0.4) is 0 Å². The molecule has 0 bridgehead atoms. The van der Waals surface area contributed by atoms with Crippen molar-refractivity contribution in [2.24, 2.45) is 0 Å². The number of halogens is 1. The van der Waals surface area contributed by atoms with E-state index < -0.39 is 6.04 Å². The van der Waals surface area contributed by atoms with Crippen LogP contribution in [0, 0.1) is 0 Å². The molecule has 0 radical (unpaired) electrons. The summed E-state index contributed by atoms with van der Waals surface area (Å²) in [6.07, 6.45) is 0. The number of nitrogens with one attached hydrogen (secondary N) is 2. The molecule has 24 heavy (non-hydrogen) atoms. The van der Waals surface area contributed by atoms with Crippen molar-refractivity contribution < 1.29 is 14.3 Å². The number of methoxy groups -OCH3 is 1. The van der Waals surface area contributed by atoms with Crippen molar-refractivity contribution in [3.05, 3.63) is 53.1 Å². The van der Waals surface area contributed by atoms with Gasteiger partial charge >= 0.3 is 0 Å². The molecule has 6 heteroatoms. The van der Waals surface area contributed by atoms with Gasteiger partial charge in [0.25, 0.3) is 0 Å². The second kappa shape index (κ2) is 7.84. The summed E-state index contributed by atoms with van der Waals surface area (Å²) in [5.74, 6) is 0.299. The highest BCUT2D eigenvalue weighted by molar-refractivity contribution is 6.32. The van der Waals surface area contributed by atoms with E-state index in [2.05, 4.69) is 10.6 Å². The quantitative estimate of drug-likeness (QED) is 0.776. The first kappa shape index (κ1) is 17.8. The first-order valence-corrected chi connectivity index (χ1v) is 7.80. The molecule has 0 aliphatic heterocycles. The SMILES string of the molecule is COc1ccc(N[C@H](C)C(=O)Nc2cccc(C(C)=O)c2)cc1Cl. The standard InChI is InChI=1S/C18H19ClN2O3/c1-11(20-15-7-8-17(24-3)16(19)10-15)18(23)21-14-6-4-5-13(9-14)12(2)22/h4-11,20H,1-3H3,(H,21,23)/t11-/m1/s1. The number of anilines is 2. The van der Waals surface area contributed by atoms with E-state index in [9.17, 15) is 9.59 Å². The van der Waals surface area contributed by atoms with Crippen LogP contribution in [-0.2, 0) is 4.79 Å². The average Bonchev–Trinajstić information content (AvgIpc) is 2.55. The summed E-state index contributed by atoms with van der Waals surface area (Å²) < 4.78 is 5.10. The number of benzene rings is 2. The van der Waals surface area contributed by atoms with E-state index in [-0.39, 0.29) is 11.7 Å². The monoisotopic (exact) mass is 346 g/mol. The molecule has 0 heterocycles. The summed E-state index contributed by atoms with van der Waals surface area (Å²) in [6, 6.07) is 11.5. The lowest BCUT2D eigenvalue weighted by molar-refractivity contribution is -0.116. The van der Waals surface area contributed by atoms with Gasteiger partial charge in [0.2, 0.25) is 5.91 Å². The van der Waals surface area contributed by atoms with Crippen molar-refractivity contribution in [3.63, 3.8) is 0 Å². The number of Topliss-reactive ketones (excluding diaryl/α,β-unsaturated/α-hetero) is 1. The van der Waals surface area contributed by atoms with Gasteiger partial charge in [-0.15, -0.1) is 0 Å². The topological polar surface area (TPSA) is 67.4 Å². The fraction of sp³-hybridized carbons (Fsp3) is 0.222. The number of hydrogen-bond acceptors (Lipinski definition) is 4. The molecule has 2 N–H and O–H groups in total. The van der Waals surface area contributed by atoms with Gasteiger partial charge in [-0.1, -0.05) is 23.7 Å². The lowest BCUT2D eigenvalue weighted by Crippen LogP contribution is -2.31. The van der Waals surface area contributed by atoms with Gasteiger partial charge in [-0.25, -0.2) is 0 Å². The maximum atomic E-state index is 12.3. The molecule has 2 aromatic carbocycles. The maximum absolute atomic E-state index is 12.3. The minimum absolute atomic E-state index is 0.0508. The molecule has 1 atom stereocenters. The molecule has 0 saturated carbocycles. The predicted octanol–water partition coefficient (Wildman–Crippen LogP) is 3.99. The molecular weight excluding hydrogens is 328 g/mol. The molecule has 0 aliphatic rings. The zero-order valence-corrected chi connectivity index (χ0v) is 14.5. The highest BCUT2D eigenvalue weighted by Gasteiger charge is 2.14. The minimum atomic E-state index is -0.490. The Morgan fingerprint density at radius 3 is 2.50 bits per heavy atom. The second-order valence-corrected chi connectivity index (χ2v) is 5.75. The summed E-state index contributed by atoms with van der Waals surface area (Å²) >= 11 is 6.07. The number of ether oxygens (including phenoxy) is 1. The summed E-state index contributed by atoms with van der Waals surface area (Å²) in [4.78, 5) is 23.7. The van der Waals surface area contributed by atoms with E-state index in [0.717, 1.165) is 0 Å². The number of carbonyl (C=O) groups is 2. The van der Waals surface area contributed by atoms with Gasteiger partial charge in [0.1, 0.15) is 11.8 Å². The van der Waals surface area contributed by atoms with Crippen LogP contribution in [0.1, 0.15) is 24.2 Å². The van der Waals surface area contributed by atoms with Crippen LogP contribution in [0.15, 0.2) is 42.5 Å². The molecule has 5 nitrogen and oxygen atoms in total. The van der Waals surface area contributed by atoms with Gasteiger partial charge in [-0.3, -0.25) is 9.59 Å². The van der Waals surface area contributed by atoms with E-state index in [1.807, 2.05) is 0 Å². The number of ketones is 1. The Kier molecular flexibility index (Phi) is 5.82. The fourth-order valence-electron chi connectivity index (χ4n) is 2.14. The number of amides is 1. The molecule has 2 rings (SSSR count). The maximum Gasteiger partial charge on any atom is 0.246 e. The third kappa shape index (κ3) is 4.49. The molecule has 1 amide bonds. The van der Waals surface area contributed by atoms with E-state index >= 15 is 0 Å². The molecule has 0 aromatic heterocycles. The molecule has 2 aromatic rings. The number of rotatable bonds is 6. The first-order valence-electron chi connectivity index (χ1n) is 7.42. The van der Waals surface area contributed by atoms with Crippen molar-refractivity contribution in [2.75, 3.05) is 17.7 Å². The van der Waals surface area contributed by atoms with E-state index in [1.165, 1.54) is 6.92 Å². The van der Waals surface area contributed by atoms with Crippen LogP contribution in [0.25, 0.3) is 0 Å². The van der Waals surface area contributed by atoms with E-state index in [1.54, 1.807) is 56.5 Å². The van der Waals surface area contributed by atoms with Crippen LogP contribution in [0.4, 0.5) is 11.4 Å². The number of hydrogen-bond donors (Lipinski definition) is 2. The Morgan fingerprint density at radius 1 is 1.12 bits per heavy atom. The zero-order chi connectivity index (χ0) is 17.7. The molecule has 0 spiro atoms. The van der Waals surface area contributed by atoms with Crippen molar-refractivity contribution in [1.29, 1.82) is 0 Å². The van der Waals surface area contributed by atoms with Crippen LogP contribution >= 0.6 is 11.6 Å². The second-order valence-electron chi connectivity index (χ2n) is 5.34. The molecule has 126 valence electrons. The Bertz CT molecular complexity index is 762. The number of carbonyl (C=O) groups excluding carboxylic acids is 2. The van der Waals surface area contributed by atoms with Crippen LogP contribution in [-0.4, -0.2) is 24.8 Å². The summed E-state index contributed by atoms with van der Waals surface area (Å²) in [5.41, 5.74) is 1.84. The van der Waals surface area contributed by atoms with Gasteiger partial charge in [-0.2, -0.15) is 0 Å². The summed E-state index contributed by atoms with van der Waals surface area (Å²) in [5, 5.41) is 6.32. The van der Waals surface area contributed by atoms with Crippen molar-refractivity contribution in [3.8, 4) is 5.75 Å². The lowest BCUT2D eigenvalue weighted by atomic mass is 10.1. The summed E-state index contributed by atoms with van der Waals surface area (Å²) in [7, 11) is 1.54. The summed E-state index contributed by atoms with van der Waals surface area (Å²) in [6.45, 7) is 3.22. The minimum Gasteiger partial charge on any atom is -0.495 e. The van der Waals surface area contributed by atoms with Gasteiger partial charge in [-0.05, 0) is 44.2 Å². The Balaban J connectivity index is 2.03. The molecular formula is C18H19ClN2O3. The Hall–Kier alpha value is -2.53. The molecule has 0 saturated heterocycles. The van der Waals surface area contributed by atoms with Gasteiger partial charge in [0.15, 0.2) is 5.78 Å². The Labute approximate surface area is 146 Å². The highest BCUT2D eigenvalue weighted by atomic mass is 35.5. The van der Waals surface area contributed by atoms with Crippen molar-refractivity contribution >= 4 is 34.7 Å². The third-order valence-electron chi connectivity index (χ3n) is 3.46. The molecule has 0 aliphatic carbocycles. The lowest BCUT2D eigenvalue weighted by Gasteiger charge is -2.16. The average molecular weight is 347 g/mol. The van der Waals surface area contributed by atoms with Crippen molar-refractivity contribution in [2.45, 2.75) is 19.9 Å². The van der Waals surface area contributed by atoms with Gasteiger partial charge in [0, 0.05) is 16.9 Å². The first-order chi connectivity index (χ1) is 11.4. The van der Waals surface area contributed by atoms with Crippen LogP contribution < -0.4 is 15.4 Å². The van der Waals surface area contributed by atoms with E-state index in [4.69, 9.17) is 16.3 Å². The smallest absolute Gasteiger partial charge is 0.246 e. The predicted molar refractivity (Wildman–Crippen MR) is 96.2 cm³/mol. The molecule has 0 fully saturated rings. The van der Waals surface area contributed by atoms with Gasteiger partial charge in [0.05, 0.1) is 12.1 Å². The molecule has 0 unspecified atom stereocenters. The zero-order valence-electron chi connectivity index (χ0n) is 13.7. The van der Waals surface area contributed by atoms with Crippen molar-refractivity contribution in [1.82, 2.24) is 0 Å². The normalized spacial score (nSPS) is 11.5. The van der Waals surface area contributed by atoms with Crippen LogP contribution in [0.2, 0.25) is 5.02 Å². The van der Waals surface area contributed by atoms with Gasteiger partial charge < -0.3 is 15.4 Å². The third-order valence-corrected chi connectivity index (χ3v) is 3.76. The van der Waals surface area contributed by atoms with Crippen LogP contribution in [0.5, 0.6) is 5.75 Å². The fourth-order valence-corrected chi connectivity index (χ4v) is 2.40. The highest BCUT2D eigenvalue weighted by Crippen LogP contribution is 2.27. The largest absolute Gasteiger partial charge is 0.495 e. The Morgan fingerprint density at radius 2 is 1.88 bits per heavy atom. The van der Waals surface area contributed by atoms with E-state index in [0.29, 0.717) is 27.7 Å².